The Hall–Kier alpha value is -7.22. The fraction of sp³-hybridized carbons (Fsp3) is 0.0690. The van der Waals surface area contributed by atoms with E-state index in [4.69, 9.17) is 0 Å². The van der Waals surface area contributed by atoms with Crippen molar-refractivity contribution >= 4 is 54.5 Å². The summed E-state index contributed by atoms with van der Waals surface area (Å²) in [5.41, 5.74) is 12.5. The van der Waals surface area contributed by atoms with Gasteiger partial charge in [0.15, 0.2) is 0 Å². The van der Waals surface area contributed by atoms with Crippen LogP contribution >= 0.6 is 0 Å². The Balaban J connectivity index is 1.03. The zero-order chi connectivity index (χ0) is 40.3. The Bertz CT molecular complexity index is 3040. The van der Waals surface area contributed by atoms with Crippen molar-refractivity contribution in [3.05, 3.63) is 231 Å². The van der Waals surface area contributed by atoms with Gasteiger partial charge in [0.1, 0.15) is 0 Å². The molecular weight excluding hydrogens is 711 g/mol. The van der Waals surface area contributed by atoms with Crippen LogP contribution in [0.4, 0.5) is 11.4 Å². The minimum absolute atomic E-state index is 0.760. The molecule has 284 valence electrons. The first-order chi connectivity index (χ1) is 29.0. The van der Waals surface area contributed by atoms with Crippen molar-refractivity contribution in [2.75, 3.05) is 4.90 Å². The summed E-state index contributed by atoms with van der Waals surface area (Å²) < 4.78 is 0. The van der Waals surface area contributed by atoms with Crippen molar-refractivity contribution in [3.8, 4) is 33.4 Å². The van der Waals surface area contributed by atoms with Gasteiger partial charge in [-0.1, -0.05) is 183 Å². The Labute approximate surface area is 348 Å². The molecule has 0 aliphatic heterocycles. The highest BCUT2D eigenvalue weighted by molar-refractivity contribution is 6.15. The van der Waals surface area contributed by atoms with Crippen LogP contribution in [0.15, 0.2) is 231 Å². The van der Waals surface area contributed by atoms with Crippen LogP contribution in [-0.4, -0.2) is 0 Å². The van der Waals surface area contributed by atoms with E-state index in [0.29, 0.717) is 0 Å². The predicted octanol–water partition coefficient (Wildman–Crippen LogP) is 16.8. The van der Waals surface area contributed by atoms with Crippen molar-refractivity contribution in [1.82, 2.24) is 0 Å². The van der Waals surface area contributed by atoms with Crippen molar-refractivity contribution in [1.29, 1.82) is 0 Å². The zero-order valence-corrected chi connectivity index (χ0v) is 33.5. The second-order valence-corrected chi connectivity index (χ2v) is 15.5. The summed E-state index contributed by atoms with van der Waals surface area (Å²) >= 11 is 0. The lowest BCUT2D eigenvalue weighted by Gasteiger charge is -2.28. The molecule has 0 spiro atoms. The van der Waals surface area contributed by atoms with E-state index < -0.39 is 0 Å². The number of allylic oxidation sites excluding steroid dienone is 4. The number of fused-ring (bicyclic) bond motifs is 6. The molecule has 0 saturated heterocycles. The van der Waals surface area contributed by atoms with Gasteiger partial charge in [-0.2, -0.15) is 0 Å². The fourth-order valence-electron chi connectivity index (χ4n) is 8.57. The molecular formula is C58H47N. The number of hydrogen-bond donors (Lipinski definition) is 0. The minimum Gasteiger partial charge on any atom is -0.315 e. The highest BCUT2D eigenvalue weighted by atomic mass is 15.1. The van der Waals surface area contributed by atoms with E-state index in [1.807, 2.05) is 6.08 Å². The summed E-state index contributed by atoms with van der Waals surface area (Å²) in [6.07, 6.45) is 5.27. The molecule has 0 radical (unpaired) electrons. The maximum Gasteiger partial charge on any atom is 0.0458 e. The zero-order valence-electron chi connectivity index (χ0n) is 33.5. The molecule has 9 rings (SSSR count). The molecule has 0 aliphatic rings. The van der Waals surface area contributed by atoms with Crippen molar-refractivity contribution in [2.45, 2.75) is 25.7 Å². The van der Waals surface area contributed by atoms with E-state index >= 15 is 0 Å². The van der Waals surface area contributed by atoms with Gasteiger partial charge in [0, 0.05) is 17.1 Å². The van der Waals surface area contributed by atoms with Gasteiger partial charge in [-0.25, -0.2) is 0 Å². The van der Waals surface area contributed by atoms with Crippen LogP contribution in [0.2, 0.25) is 0 Å². The van der Waals surface area contributed by atoms with E-state index in [0.717, 1.165) is 53.9 Å². The summed E-state index contributed by atoms with van der Waals surface area (Å²) in [5.74, 6) is 0. The van der Waals surface area contributed by atoms with Crippen LogP contribution in [0, 0.1) is 0 Å². The molecule has 0 heterocycles. The number of nitrogens with zero attached hydrogens (tertiary/aromatic N) is 1. The molecule has 0 saturated carbocycles. The van der Waals surface area contributed by atoms with Gasteiger partial charge in [0.05, 0.1) is 0 Å². The number of anilines is 2. The second kappa shape index (κ2) is 16.3. The molecule has 0 N–H and O–H groups in total. The first kappa shape index (κ1) is 37.4. The molecule has 0 aliphatic carbocycles. The summed E-state index contributed by atoms with van der Waals surface area (Å²) in [4.78, 5) is 2.29. The maximum absolute atomic E-state index is 4.66. The van der Waals surface area contributed by atoms with Gasteiger partial charge >= 0.3 is 0 Å². The molecule has 9 aromatic carbocycles. The third-order valence-electron chi connectivity index (χ3n) is 11.8. The lowest BCUT2D eigenvalue weighted by Crippen LogP contribution is -2.16. The minimum atomic E-state index is 0.760. The SMILES string of the molecule is C=CCCC(=C)C(=C)CCC(=C)N(c1ccc(-c2ccc(-c3cc4ccccc4c4ccccc34)cc2)cc1)c1ccc(-c2cc3ccccc3c3ccccc23)cc1. The highest BCUT2D eigenvalue weighted by Crippen LogP contribution is 2.40. The van der Waals surface area contributed by atoms with Crippen LogP contribution in [-0.2, 0) is 0 Å². The van der Waals surface area contributed by atoms with E-state index in [2.05, 4.69) is 213 Å². The standard InChI is InChI=1S/C58H47N/c1-5-6-15-40(2)41(3)24-25-42(4)59(50-36-32-46(33-37-50)58-39-48-17-8-10-19-52(48)54-21-12-14-23-56(54)58)49-34-30-44(31-35-49)43-26-28-45(29-27-43)57-38-47-16-7-9-18-51(47)53-20-11-13-22-55(53)57/h5,7-14,16-23,26-39H,1-4,6,15,24-25H2. The predicted molar refractivity (Wildman–Crippen MR) is 257 cm³/mol. The quantitative estimate of drug-likeness (QED) is 0.0643. The Morgan fingerprint density at radius 2 is 0.763 bits per heavy atom. The molecule has 0 atom stereocenters. The molecule has 0 bridgehead atoms. The van der Waals surface area contributed by atoms with Gasteiger partial charge < -0.3 is 4.90 Å². The average Bonchev–Trinajstić information content (AvgIpc) is 3.30. The number of rotatable bonds is 13. The molecule has 0 amide bonds. The first-order valence-electron chi connectivity index (χ1n) is 20.5. The molecule has 9 aromatic rings. The van der Waals surface area contributed by atoms with Crippen LogP contribution in [0.3, 0.4) is 0 Å². The van der Waals surface area contributed by atoms with E-state index in [-0.39, 0.29) is 0 Å². The fourth-order valence-corrected chi connectivity index (χ4v) is 8.57. The second-order valence-electron chi connectivity index (χ2n) is 15.5. The van der Waals surface area contributed by atoms with Crippen LogP contribution in [0.1, 0.15) is 25.7 Å². The normalized spacial score (nSPS) is 11.3. The lowest BCUT2D eigenvalue weighted by atomic mass is 9.92. The molecule has 1 heteroatoms. The van der Waals surface area contributed by atoms with E-state index in [9.17, 15) is 0 Å². The topological polar surface area (TPSA) is 3.24 Å². The van der Waals surface area contributed by atoms with Crippen molar-refractivity contribution < 1.29 is 0 Å². The van der Waals surface area contributed by atoms with Crippen LogP contribution in [0.5, 0.6) is 0 Å². The average molecular weight is 758 g/mol. The molecule has 1 nitrogen and oxygen atoms in total. The third-order valence-corrected chi connectivity index (χ3v) is 11.8. The first-order valence-corrected chi connectivity index (χ1v) is 20.5. The maximum atomic E-state index is 4.66. The molecule has 0 fully saturated rings. The van der Waals surface area contributed by atoms with Crippen molar-refractivity contribution in [3.63, 3.8) is 0 Å². The number of benzene rings is 9. The van der Waals surface area contributed by atoms with Gasteiger partial charge in [0.2, 0.25) is 0 Å². The number of hydrogen-bond acceptors (Lipinski definition) is 1. The smallest absolute Gasteiger partial charge is 0.0458 e. The molecule has 59 heavy (non-hydrogen) atoms. The van der Waals surface area contributed by atoms with Gasteiger partial charge in [-0.05, 0) is 139 Å². The largest absolute Gasteiger partial charge is 0.315 e. The third kappa shape index (κ3) is 7.40. The lowest BCUT2D eigenvalue weighted by molar-refractivity contribution is 0.879. The van der Waals surface area contributed by atoms with Crippen LogP contribution in [0.25, 0.3) is 76.5 Å². The Morgan fingerprint density at radius 3 is 1.24 bits per heavy atom. The van der Waals surface area contributed by atoms with Crippen LogP contribution < -0.4 is 4.90 Å². The summed E-state index contributed by atoms with van der Waals surface area (Å²) in [5, 5.41) is 10.1. The molecule has 0 aromatic heterocycles. The monoisotopic (exact) mass is 757 g/mol. The van der Waals surface area contributed by atoms with Gasteiger partial charge in [0.25, 0.3) is 0 Å². The summed E-state index contributed by atoms with van der Waals surface area (Å²) in [6, 6.07) is 66.2. The van der Waals surface area contributed by atoms with E-state index in [1.165, 1.54) is 76.5 Å². The summed E-state index contributed by atoms with van der Waals surface area (Å²) in [6.45, 7) is 17.2. The van der Waals surface area contributed by atoms with E-state index in [1.54, 1.807) is 0 Å². The highest BCUT2D eigenvalue weighted by Gasteiger charge is 2.17. The van der Waals surface area contributed by atoms with Crippen molar-refractivity contribution in [2.24, 2.45) is 0 Å². The summed E-state index contributed by atoms with van der Waals surface area (Å²) in [7, 11) is 0. The molecule has 0 unspecified atom stereocenters. The Kier molecular flexibility index (Phi) is 10.3. The van der Waals surface area contributed by atoms with Gasteiger partial charge in [-0.15, -0.1) is 6.58 Å². The Morgan fingerprint density at radius 1 is 0.390 bits per heavy atom. The van der Waals surface area contributed by atoms with Gasteiger partial charge in [-0.3, -0.25) is 0 Å².